The third-order valence-electron chi connectivity index (χ3n) is 3.98. The lowest BCUT2D eigenvalue weighted by molar-refractivity contribution is 0.322. The van der Waals surface area contributed by atoms with Crippen molar-refractivity contribution in [1.82, 2.24) is 15.5 Å². The summed E-state index contributed by atoms with van der Waals surface area (Å²) in [4.78, 5) is 0. The molecular weight excluding hydrogens is 252 g/mol. The molecule has 1 aliphatic rings. The molecule has 0 radical (unpaired) electrons. The minimum absolute atomic E-state index is 0.491. The Morgan fingerprint density at radius 3 is 2.90 bits per heavy atom. The molecule has 0 saturated heterocycles. The predicted octanol–water partition coefficient (Wildman–Crippen LogP) is 3.20. The number of anilines is 1. The minimum Gasteiger partial charge on any atom is -0.407 e. The molecule has 5 nitrogen and oxygen atoms in total. The lowest BCUT2D eigenvalue weighted by Crippen LogP contribution is -2.27. The summed E-state index contributed by atoms with van der Waals surface area (Å²) in [7, 11) is 0. The molecule has 0 amide bonds. The van der Waals surface area contributed by atoms with Crippen molar-refractivity contribution in [2.75, 3.05) is 11.9 Å². The molecule has 1 aromatic heterocycles. The van der Waals surface area contributed by atoms with E-state index in [1.807, 2.05) is 0 Å². The third-order valence-corrected chi connectivity index (χ3v) is 3.98. The number of hydrogen-bond acceptors (Lipinski definition) is 5. The molecule has 5 heteroatoms. The van der Waals surface area contributed by atoms with Crippen LogP contribution in [0.15, 0.2) is 4.42 Å². The maximum atomic E-state index is 5.64. The molecule has 2 unspecified atom stereocenters. The van der Waals surface area contributed by atoms with Crippen molar-refractivity contribution in [3.8, 4) is 0 Å². The van der Waals surface area contributed by atoms with Crippen LogP contribution in [0.3, 0.4) is 0 Å². The van der Waals surface area contributed by atoms with Gasteiger partial charge in [-0.15, -0.1) is 5.10 Å². The van der Waals surface area contributed by atoms with Gasteiger partial charge in [0, 0.05) is 6.04 Å². The van der Waals surface area contributed by atoms with E-state index in [1.165, 1.54) is 32.1 Å². The molecule has 2 atom stereocenters. The van der Waals surface area contributed by atoms with Gasteiger partial charge in [0.05, 0.1) is 6.54 Å². The highest BCUT2D eigenvalue weighted by Crippen LogP contribution is 2.28. The fraction of sp³-hybridized carbons (Fsp3) is 0.867. The molecule has 1 heterocycles. The largest absolute Gasteiger partial charge is 0.407 e. The van der Waals surface area contributed by atoms with Crippen molar-refractivity contribution in [2.45, 2.75) is 65.5 Å². The van der Waals surface area contributed by atoms with Crippen LogP contribution in [0.25, 0.3) is 0 Å². The quantitative estimate of drug-likeness (QED) is 0.803. The molecule has 2 rings (SSSR count). The van der Waals surface area contributed by atoms with Gasteiger partial charge in [-0.2, -0.15) is 0 Å². The van der Waals surface area contributed by atoms with E-state index in [4.69, 9.17) is 4.42 Å². The zero-order valence-corrected chi connectivity index (χ0v) is 13.0. The van der Waals surface area contributed by atoms with E-state index in [2.05, 4.69) is 41.6 Å². The summed E-state index contributed by atoms with van der Waals surface area (Å²) in [6.07, 6.45) is 6.36. The first-order valence-corrected chi connectivity index (χ1v) is 7.97. The van der Waals surface area contributed by atoms with Gasteiger partial charge in [0.15, 0.2) is 0 Å². The highest BCUT2D eigenvalue weighted by atomic mass is 16.4. The maximum absolute atomic E-state index is 5.64. The Morgan fingerprint density at radius 2 is 2.15 bits per heavy atom. The van der Waals surface area contributed by atoms with Gasteiger partial charge in [-0.3, -0.25) is 0 Å². The van der Waals surface area contributed by atoms with Crippen LogP contribution in [0.2, 0.25) is 0 Å². The Hall–Kier alpha value is -1.10. The first-order valence-electron chi connectivity index (χ1n) is 7.97. The molecule has 1 aromatic rings. The lowest BCUT2D eigenvalue weighted by Gasteiger charge is -2.28. The van der Waals surface area contributed by atoms with Gasteiger partial charge >= 0.3 is 6.01 Å². The van der Waals surface area contributed by atoms with Crippen LogP contribution in [0.4, 0.5) is 6.01 Å². The summed E-state index contributed by atoms with van der Waals surface area (Å²) >= 11 is 0. The van der Waals surface area contributed by atoms with Gasteiger partial charge in [0.25, 0.3) is 0 Å². The van der Waals surface area contributed by atoms with Crippen molar-refractivity contribution in [1.29, 1.82) is 0 Å². The topological polar surface area (TPSA) is 63.0 Å². The molecule has 2 N–H and O–H groups in total. The SMILES string of the molecule is CCC1CCCC(Nc2nnc(CNCC(C)C)o2)C1. The Balaban J connectivity index is 1.77. The first-order chi connectivity index (χ1) is 9.67. The standard InChI is InChI=1S/C15H28N4O/c1-4-12-6-5-7-13(8-12)17-15-19-18-14(20-15)10-16-9-11(2)3/h11-13,16H,4-10H2,1-3H3,(H,17,19). The maximum Gasteiger partial charge on any atom is 0.315 e. The zero-order chi connectivity index (χ0) is 14.4. The predicted molar refractivity (Wildman–Crippen MR) is 80.5 cm³/mol. The second-order valence-electron chi connectivity index (χ2n) is 6.31. The summed E-state index contributed by atoms with van der Waals surface area (Å²) in [5.74, 6) is 2.14. The Morgan fingerprint density at radius 1 is 1.30 bits per heavy atom. The number of hydrogen-bond donors (Lipinski definition) is 2. The molecule has 1 fully saturated rings. The van der Waals surface area contributed by atoms with E-state index < -0.39 is 0 Å². The van der Waals surface area contributed by atoms with E-state index in [-0.39, 0.29) is 0 Å². The fourth-order valence-electron chi connectivity index (χ4n) is 2.82. The van der Waals surface area contributed by atoms with Gasteiger partial charge in [-0.1, -0.05) is 45.1 Å². The van der Waals surface area contributed by atoms with Crippen molar-refractivity contribution in [3.63, 3.8) is 0 Å². The fourth-order valence-corrected chi connectivity index (χ4v) is 2.82. The molecule has 114 valence electrons. The first kappa shape index (κ1) is 15.3. The Labute approximate surface area is 121 Å². The normalized spacial score (nSPS) is 23.2. The van der Waals surface area contributed by atoms with Crippen molar-refractivity contribution >= 4 is 6.01 Å². The number of aromatic nitrogens is 2. The van der Waals surface area contributed by atoms with Crippen LogP contribution in [0.1, 0.15) is 58.8 Å². The van der Waals surface area contributed by atoms with Gasteiger partial charge in [-0.05, 0) is 31.2 Å². The smallest absolute Gasteiger partial charge is 0.315 e. The summed E-state index contributed by atoms with van der Waals surface area (Å²) in [6, 6.07) is 1.07. The molecule has 0 bridgehead atoms. The van der Waals surface area contributed by atoms with Crippen LogP contribution in [0, 0.1) is 11.8 Å². The molecule has 1 aliphatic carbocycles. The summed E-state index contributed by atoms with van der Waals surface area (Å²) in [5, 5.41) is 14.9. The zero-order valence-electron chi connectivity index (χ0n) is 13.0. The van der Waals surface area contributed by atoms with Crippen LogP contribution >= 0.6 is 0 Å². The minimum atomic E-state index is 0.491. The van der Waals surface area contributed by atoms with Crippen molar-refractivity contribution < 1.29 is 4.42 Å². The highest BCUT2D eigenvalue weighted by Gasteiger charge is 2.22. The highest BCUT2D eigenvalue weighted by molar-refractivity contribution is 5.19. The summed E-state index contributed by atoms with van der Waals surface area (Å²) in [6.45, 7) is 8.25. The van der Waals surface area contributed by atoms with Gasteiger partial charge in [0.2, 0.25) is 5.89 Å². The second kappa shape index (κ2) is 7.62. The molecule has 1 saturated carbocycles. The van der Waals surface area contributed by atoms with Crippen LogP contribution < -0.4 is 10.6 Å². The van der Waals surface area contributed by atoms with Gasteiger partial charge in [-0.25, -0.2) is 0 Å². The second-order valence-corrected chi connectivity index (χ2v) is 6.31. The van der Waals surface area contributed by atoms with Gasteiger partial charge in [0.1, 0.15) is 0 Å². The number of rotatable bonds is 7. The van der Waals surface area contributed by atoms with E-state index in [0.717, 1.165) is 12.5 Å². The third kappa shape index (κ3) is 4.78. The molecular formula is C15H28N4O. The molecule has 0 aliphatic heterocycles. The van der Waals surface area contributed by atoms with Crippen LogP contribution in [-0.2, 0) is 6.54 Å². The average molecular weight is 280 g/mol. The monoisotopic (exact) mass is 280 g/mol. The number of nitrogens with zero attached hydrogens (tertiary/aromatic N) is 2. The van der Waals surface area contributed by atoms with E-state index in [9.17, 15) is 0 Å². The molecule has 0 aromatic carbocycles. The molecule has 0 spiro atoms. The Bertz CT molecular complexity index is 391. The average Bonchev–Trinajstić information content (AvgIpc) is 2.86. The lowest BCUT2D eigenvalue weighted by atomic mass is 9.84. The van der Waals surface area contributed by atoms with Gasteiger partial charge < -0.3 is 15.1 Å². The van der Waals surface area contributed by atoms with Crippen molar-refractivity contribution in [2.24, 2.45) is 11.8 Å². The number of nitrogens with one attached hydrogen (secondary N) is 2. The van der Waals surface area contributed by atoms with Crippen LogP contribution in [0.5, 0.6) is 0 Å². The molecule has 20 heavy (non-hydrogen) atoms. The van der Waals surface area contributed by atoms with Crippen LogP contribution in [-0.4, -0.2) is 22.8 Å². The van der Waals surface area contributed by atoms with Crippen molar-refractivity contribution in [3.05, 3.63) is 5.89 Å². The summed E-state index contributed by atoms with van der Waals surface area (Å²) in [5.41, 5.74) is 0. The summed E-state index contributed by atoms with van der Waals surface area (Å²) < 4.78 is 5.64. The Kier molecular flexibility index (Phi) is 5.83. The van der Waals surface area contributed by atoms with E-state index in [0.29, 0.717) is 30.4 Å². The van der Waals surface area contributed by atoms with E-state index >= 15 is 0 Å². The van der Waals surface area contributed by atoms with E-state index in [1.54, 1.807) is 0 Å².